The van der Waals surface area contributed by atoms with Crippen molar-refractivity contribution in [3.63, 3.8) is 0 Å². The Morgan fingerprint density at radius 3 is 2.60 bits per heavy atom. The van der Waals surface area contributed by atoms with Crippen molar-refractivity contribution in [2.75, 3.05) is 39.6 Å². The molecule has 2 aliphatic rings. The van der Waals surface area contributed by atoms with Gasteiger partial charge in [0.1, 0.15) is 0 Å². The second-order valence-corrected chi connectivity index (χ2v) is 6.49. The first-order valence-electron chi connectivity index (χ1n) is 8.14. The monoisotopic (exact) mass is 286 g/mol. The summed E-state index contributed by atoms with van der Waals surface area (Å²) < 4.78 is 16.9. The van der Waals surface area contributed by atoms with Crippen LogP contribution in [-0.4, -0.2) is 50.3 Å². The summed E-state index contributed by atoms with van der Waals surface area (Å²) in [6.07, 6.45) is 7.83. The lowest BCUT2D eigenvalue weighted by Crippen LogP contribution is -2.44. The van der Waals surface area contributed by atoms with E-state index < -0.39 is 0 Å². The van der Waals surface area contributed by atoms with E-state index in [1.54, 1.807) is 0 Å². The first kappa shape index (κ1) is 16.2. The van der Waals surface area contributed by atoms with E-state index in [0.29, 0.717) is 33.0 Å². The van der Waals surface area contributed by atoms with Gasteiger partial charge < -0.3 is 19.3 Å². The highest BCUT2D eigenvalue weighted by molar-refractivity contribution is 4.94. The van der Waals surface area contributed by atoms with Gasteiger partial charge in [0.15, 0.2) is 0 Å². The highest BCUT2D eigenvalue weighted by Crippen LogP contribution is 2.47. The summed E-state index contributed by atoms with van der Waals surface area (Å²) in [7, 11) is 0. The molecule has 20 heavy (non-hydrogen) atoms. The molecule has 3 atom stereocenters. The molecule has 2 bridgehead atoms. The van der Waals surface area contributed by atoms with Gasteiger partial charge in [-0.05, 0) is 37.5 Å². The highest BCUT2D eigenvalue weighted by Gasteiger charge is 2.42. The minimum Gasteiger partial charge on any atom is -0.394 e. The Hall–Kier alpha value is -0.160. The van der Waals surface area contributed by atoms with Crippen molar-refractivity contribution < 1.29 is 19.3 Å². The van der Waals surface area contributed by atoms with Crippen LogP contribution >= 0.6 is 0 Å². The molecule has 0 radical (unpaired) electrons. The minimum absolute atomic E-state index is 0.0744. The molecule has 4 heteroatoms. The van der Waals surface area contributed by atoms with E-state index in [-0.39, 0.29) is 12.2 Å². The molecule has 0 aromatic carbocycles. The number of rotatable bonds is 9. The van der Waals surface area contributed by atoms with Crippen LogP contribution in [0.15, 0.2) is 0 Å². The number of fused-ring (bicyclic) bond motifs is 2. The fourth-order valence-corrected chi connectivity index (χ4v) is 4.01. The maximum absolute atomic E-state index is 8.57. The van der Waals surface area contributed by atoms with Crippen molar-refractivity contribution in [1.82, 2.24) is 0 Å². The molecule has 0 amide bonds. The highest BCUT2D eigenvalue weighted by atomic mass is 16.6. The Morgan fingerprint density at radius 1 is 1.05 bits per heavy atom. The maximum Gasteiger partial charge on any atom is 0.0708 e. The zero-order valence-electron chi connectivity index (χ0n) is 12.8. The number of hydrogen-bond donors (Lipinski definition) is 1. The van der Waals surface area contributed by atoms with E-state index in [1.165, 1.54) is 38.5 Å². The summed E-state index contributed by atoms with van der Waals surface area (Å²) in [5, 5.41) is 8.57. The van der Waals surface area contributed by atoms with E-state index >= 15 is 0 Å². The first-order chi connectivity index (χ1) is 9.74. The van der Waals surface area contributed by atoms with Crippen LogP contribution in [-0.2, 0) is 14.2 Å². The van der Waals surface area contributed by atoms with Crippen molar-refractivity contribution >= 4 is 0 Å². The van der Waals surface area contributed by atoms with Crippen LogP contribution in [0.3, 0.4) is 0 Å². The molecule has 3 unspecified atom stereocenters. The van der Waals surface area contributed by atoms with Gasteiger partial charge in [-0.2, -0.15) is 0 Å². The van der Waals surface area contributed by atoms with Crippen LogP contribution in [0.5, 0.6) is 0 Å². The van der Waals surface area contributed by atoms with Gasteiger partial charge in [-0.3, -0.25) is 0 Å². The molecule has 0 saturated heterocycles. The van der Waals surface area contributed by atoms with Crippen LogP contribution in [0, 0.1) is 11.8 Å². The largest absolute Gasteiger partial charge is 0.394 e. The molecular weight excluding hydrogens is 256 g/mol. The molecular formula is C16H30O4. The zero-order chi connectivity index (χ0) is 14.3. The van der Waals surface area contributed by atoms with Gasteiger partial charge in [-0.15, -0.1) is 0 Å². The van der Waals surface area contributed by atoms with Crippen LogP contribution in [0.25, 0.3) is 0 Å². The Morgan fingerprint density at radius 2 is 1.80 bits per heavy atom. The average molecular weight is 286 g/mol. The Labute approximate surface area is 122 Å². The molecule has 1 N–H and O–H groups in total. The minimum atomic E-state index is 0.0744. The third-order valence-corrected chi connectivity index (χ3v) is 4.61. The summed E-state index contributed by atoms with van der Waals surface area (Å²) in [6, 6.07) is 0. The Kier molecular flexibility index (Phi) is 6.75. The van der Waals surface area contributed by atoms with E-state index in [1.807, 2.05) is 0 Å². The van der Waals surface area contributed by atoms with E-state index in [9.17, 15) is 0 Å². The van der Waals surface area contributed by atoms with E-state index in [4.69, 9.17) is 19.3 Å². The molecule has 2 rings (SSSR count). The number of hydrogen-bond acceptors (Lipinski definition) is 4. The van der Waals surface area contributed by atoms with Crippen molar-refractivity contribution in [2.24, 2.45) is 11.8 Å². The summed E-state index contributed by atoms with van der Waals surface area (Å²) in [5.74, 6) is 1.70. The van der Waals surface area contributed by atoms with Gasteiger partial charge in [0.2, 0.25) is 0 Å². The van der Waals surface area contributed by atoms with Gasteiger partial charge in [0.05, 0.1) is 45.2 Å². The summed E-state index contributed by atoms with van der Waals surface area (Å²) in [5.41, 5.74) is 0.150. The molecule has 2 saturated carbocycles. The van der Waals surface area contributed by atoms with Gasteiger partial charge >= 0.3 is 0 Å². The predicted molar refractivity (Wildman–Crippen MR) is 77.8 cm³/mol. The van der Waals surface area contributed by atoms with E-state index in [0.717, 1.165) is 11.8 Å². The summed E-state index contributed by atoms with van der Waals surface area (Å²) >= 11 is 0. The molecule has 2 fully saturated rings. The van der Waals surface area contributed by atoms with Crippen LogP contribution in [0.1, 0.15) is 45.4 Å². The second kappa shape index (κ2) is 8.32. The van der Waals surface area contributed by atoms with Crippen molar-refractivity contribution in [3.8, 4) is 0 Å². The quantitative estimate of drug-likeness (QED) is 0.661. The molecule has 4 nitrogen and oxygen atoms in total. The van der Waals surface area contributed by atoms with Crippen molar-refractivity contribution in [2.45, 2.75) is 51.0 Å². The predicted octanol–water partition coefficient (Wildman–Crippen LogP) is 2.39. The van der Waals surface area contributed by atoms with Crippen molar-refractivity contribution in [3.05, 3.63) is 0 Å². The standard InChI is InChI=1S/C16H30O4/c1-14-11-15-3-2-4-16(12-14,13-15)20-10-9-19-8-7-18-6-5-17/h14-15,17H,2-13H2,1H3. The van der Waals surface area contributed by atoms with Gasteiger partial charge in [-0.25, -0.2) is 0 Å². The summed E-state index contributed by atoms with van der Waals surface area (Å²) in [4.78, 5) is 0. The molecule has 0 spiro atoms. The third kappa shape index (κ3) is 4.99. The van der Waals surface area contributed by atoms with E-state index in [2.05, 4.69) is 6.92 Å². The third-order valence-electron chi connectivity index (χ3n) is 4.61. The smallest absolute Gasteiger partial charge is 0.0708 e. The number of aliphatic hydroxyl groups is 1. The zero-order valence-corrected chi connectivity index (χ0v) is 12.8. The SMILES string of the molecule is CC1CC2CCCC(OCCOCCOCCO)(C1)C2. The molecule has 0 aromatic rings. The number of ether oxygens (including phenoxy) is 3. The molecule has 0 aliphatic heterocycles. The summed E-state index contributed by atoms with van der Waals surface area (Å²) in [6.45, 7) is 5.29. The van der Waals surface area contributed by atoms with Crippen LogP contribution < -0.4 is 0 Å². The van der Waals surface area contributed by atoms with Crippen LogP contribution in [0.2, 0.25) is 0 Å². The molecule has 0 heterocycles. The van der Waals surface area contributed by atoms with Gasteiger partial charge in [-0.1, -0.05) is 19.8 Å². The lowest BCUT2D eigenvalue weighted by atomic mass is 9.65. The van der Waals surface area contributed by atoms with Gasteiger partial charge in [0, 0.05) is 0 Å². The molecule has 2 aliphatic carbocycles. The second-order valence-electron chi connectivity index (χ2n) is 6.49. The van der Waals surface area contributed by atoms with Crippen LogP contribution in [0.4, 0.5) is 0 Å². The Balaban J connectivity index is 1.58. The normalized spacial score (nSPS) is 33.3. The average Bonchev–Trinajstić information content (AvgIpc) is 2.41. The lowest BCUT2D eigenvalue weighted by molar-refractivity contribution is -0.129. The molecule has 0 aromatic heterocycles. The fraction of sp³-hybridized carbons (Fsp3) is 1.00. The first-order valence-corrected chi connectivity index (χ1v) is 8.14. The Bertz CT molecular complexity index is 267. The van der Waals surface area contributed by atoms with Crippen molar-refractivity contribution in [1.29, 1.82) is 0 Å². The fourth-order valence-electron chi connectivity index (χ4n) is 4.01. The number of aliphatic hydroxyl groups excluding tert-OH is 1. The molecule has 118 valence electrons. The lowest BCUT2D eigenvalue weighted by Gasteiger charge is -2.47. The van der Waals surface area contributed by atoms with Gasteiger partial charge in [0.25, 0.3) is 0 Å². The topological polar surface area (TPSA) is 47.9 Å². The maximum atomic E-state index is 8.57.